The minimum Gasteiger partial charge on any atom is -0.332 e. The molecule has 0 rings (SSSR count). The van der Waals surface area contributed by atoms with Crippen molar-refractivity contribution in [3.63, 3.8) is 0 Å². The third-order valence-corrected chi connectivity index (χ3v) is 5.05. The molecule has 155 valence electrons. The molecular formula is C22H45O3Si. The van der Waals surface area contributed by atoms with Gasteiger partial charge in [-0.2, -0.15) is 0 Å². The van der Waals surface area contributed by atoms with E-state index in [4.69, 9.17) is 14.2 Å². The topological polar surface area (TPSA) is 27.7 Å². The van der Waals surface area contributed by atoms with E-state index in [0.717, 1.165) is 19.3 Å². The molecule has 0 amide bonds. The summed E-state index contributed by atoms with van der Waals surface area (Å²) in [4.78, 5) is 0. The molecule has 26 heavy (non-hydrogen) atoms. The maximum Gasteiger partial charge on any atom is 0.248 e. The van der Waals surface area contributed by atoms with Crippen LogP contribution < -0.4 is 0 Å². The maximum absolute atomic E-state index is 5.93. The highest BCUT2D eigenvalue weighted by molar-refractivity contribution is 6.12. The van der Waals surface area contributed by atoms with Crippen LogP contribution in [0.4, 0.5) is 0 Å². The SMILES string of the molecule is CCCCCCCOC([Si])(OCCCCCCC)OCCCCCCC. The molecule has 0 atom stereocenters. The second kappa shape index (κ2) is 19.8. The lowest BCUT2D eigenvalue weighted by Gasteiger charge is -2.30. The van der Waals surface area contributed by atoms with Gasteiger partial charge in [0.25, 0.3) is 0 Å². The van der Waals surface area contributed by atoms with Crippen molar-refractivity contribution in [2.75, 3.05) is 19.8 Å². The Labute approximate surface area is 167 Å². The third-order valence-electron chi connectivity index (χ3n) is 4.62. The zero-order valence-corrected chi connectivity index (χ0v) is 19.0. The molecule has 0 aromatic rings. The summed E-state index contributed by atoms with van der Waals surface area (Å²) in [6.07, 6.45) is 18.4. The Morgan fingerprint density at radius 1 is 0.462 bits per heavy atom. The van der Waals surface area contributed by atoms with Crippen LogP contribution in [0.5, 0.6) is 0 Å². The van der Waals surface area contributed by atoms with E-state index >= 15 is 0 Å². The summed E-state index contributed by atoms with van der Waals surface area (Å²) in [5.41, 5.74) is -1.06. The summed E-state index contributed by atoms with van der Waals surface area (Å²) in [6, 6.07) is 0. The van der Waals surface area contributed by atoms with Crippen molar-refractivity contribution in [2.24, 2.45) is 0 Å². The minimum absolute atomic E-state index is 0.679. The molecule has 4 heteroatoms. The van der Waals surface area contributed by atoms with Crippen molar-refractivity contribution >= 4 is 10.2 Å². The Hall–Kier alpha value is 0.0969. The van der Waals surface area contributed by atoms with Gasteiger partial charge in [-0.25, -0.2) is 0 Å². The molecule has 3 radical (unpaired) electrons. The molecule has 3 nitrogen and oxygen atoms in total. The van der Waals surface area contributed by atoms with E-state index in [1.54, 1.807) is 0 Å². The normalized spacial score (nSPS) is 12.0. The van der Waals surface area contributed by atoms with Gasteiger partial charge in [-0.05, 0) is 19.3 Å². The van der Waals surface area contributed by atoms with E-state index in [0.29, 0.717) is 19.8 Å². The van der Waals surface area contributed by atoms with E-state index in [2.05, 4.69) is 31.0 Å². The molecule has 0 fully saturated rings. The summed E-state index contributed by atoms with van der Waals surface area (Å²) < 4.78 is 17.8. The van der Waals surface area contributed by atoms with Crippen molar-refractivity contribution in [2.45, 2.75) is 123 Å². The van der Waals surface area contributed by atoms with Crippen LogP contribution in [0.3, 0.4) is 0 Å². The van der Waals surface area contributed by atoms with Gasteiger partial charge < -0.3 is 14.2 Å². The molecule has 0 unspecified atom stereocenters. The van der Waals surface area contributed by atoms with Crippen molar-refractivity contribution in [3.05, 3.63) is 0 Å². The van der Waals surface area contributed by atoms with Crippen molar-refractivity contribution in [3.8, 4) is 0 Å². The van der Waals surface area contributed by atoms with Crippen LogP contribution >= 0.6 is 0 Å². The van der Waals surface area contributed by atoms with Crippen molar-refractivity contribution < 1.29 is 14.2 Å². The molecule has 0 aromatic heterocycles. The van der Waals surface area contributed by atoms with Crippen molar-refractivity contribution in [1.82, 2.24) is 0 Å². The van der Waals surface area contributed by atoms with Crippen LogP contribution in [0, 0.1) is 0 Å². The minimum atomic E-state index is -1.06. The molecule has 0 bridgehead atoms. The lowest BCUT2D eigenvalue weighted by atomic mass is 10.2. The van der Waals surface area contributed by atoms with Crippen LogP contribution in [0.15, 0.2) is 0 Å². The van der Waals surface area contributed by atoms with E-state index in [1.165, 1.54) is 77.0 Å². The van der Waals surface area contributed by atoms with Crippen molar-refractivity contribution in [1.29, 1.82) is 0 Å². The quantitative estimate of drug-likeness (QED) is 0.125. The fraction of sp³-hybridized carbons (Fsp3) is 1.00. The van der Waals surface area contributed by atoms with Gasteiger partial charge in [-0.15, -0.1) is 0 Å². The molecule has 0 spiro atoms. The first kappa shape index (κ1) is 26.1. The average Bonchev–Trinajstić information content (AvgIpc) is 2.64. The van der Waals surface area contributed by atoms with E-state index in [-0.39, 0.29) is 0 Å². The highest BCUT2D eigenvalue weighted by Crippen LogP contribution is 2.16. The number of unbranched alkanes of at least 4 members (excludes halogenated alkanes) is 12. The number of hydrogen-bond acceptors (Lipinski definition) is 3. The summed E-state index contributed by atoms with van der Waals surface area (Å²) in [5.74, 6) is 0. The fourth-order valence-corrected chi connectivity index (χ4v) is 3.17. The van der Waals surface area contributed by atoms with Crippen LogP contribution in [0.25, 0.3) is 0 Å². The van der Waals surface area contributed by atoms with Gasteiger partial charge in [0, 0.05) is 0 Å². The second-order valence-corrected chi connectivity index (χ2v) is 7.96. The third kappa shape index (κ3) is 17.5. The zero-order chi connectivity index (χ0) is 19.3. The van der Waals surface area contributed by atoms with Gasteiger partial charge in [-0.3, -0.25) is 0 Å². The van der Waals surface area contributed by atoms with Gasteiger partial charge in [0.2, 0.25) is 5.60 Å². The average molecular weight is 386 g/mol. The molecule has 0 aromatic carbocycles. The highest BCUT2D eigenvalue weighted by Gasteiger charge is 2.26. The Bertz CT molecular complexity index is 233. The van der Waals surface area contributed by atoms with E-state index < -0.39 is 5.60 Å². The Morgan fingerprint density at radius 2 is 0.731 bits per heavy atom. The van der Waals surface area contributed by atoms with Crippen LogP contribution in [0.1, 0.15) is 117 Å². The van der Waals surface area contributed by atoms with Crippen LogP contribution in [-0.2, 0) is 14.2 Å². The van der Waals surface area contributed by atoms with Gasteiger partial charge in [0.05, 0.1) is 19.8 Å². The molecule has 0 aliphatic rings. The number of rotatable bonds is 21. The zero-order valence-electron chi connectivity index (χ0n) is 18.0. The first-order valence-electron chi connectivity index (χ1n) is 11.3. The predicted molar refractivity (Wildman–Crippen MR) is 113 cm³/mol. The molecule has 0 saturated carbocycles. The lowest BCUT2D eigenvalue weighted by Crippen LogP contribution is -2.41. The standard InChI is InChI=1S/C22H45O3Si/c1-4-7-10-13-16-19-23-22(26,24-20-17-14-11-8-5-2)25-21-18-15-12-9-6-3/h4-21H2,1-3H3. The van der Waals surface area contributed by atoms with E-state index in [1.807, 2.05) is 0 Å². The monoisotopic (exact) mass is 385 g/mol. The summed E-state index contributed by atoms with van der Waals surface area (Å²) in [5, 5.41) is 0. The second-order valence-electron chi connectivity index (χ2n) is 7.34. The van der Waals surface area contributed by atoms with Gasteiger partial charge in [0.15, 0.2) is 10.2 Å². The molecular weight excluding hydrogens is 340 g/mol. The summed E-state index contributed by atoms with van der Waals surface area (Å²) in [7, 11) is 3.63. The van der Waals surface area contributed by atoms with E-state index in [9.17, 15) is 0 Å². The van der Waals surface area contributed by atoms with Gasteiger partial charge in [-0.1, -0.05) is 97.8 Å². The number of hydrogen-bond donors (Lipinski definition) is 0. The van der Waals surface area contributed by atoms with Crippen LogP contribution in [0.2, 0.25) is 0 Å². The highest BCUT2D eigenvalue weighted by atomic mass is 28.1. The van der Waals surface area contributed by atoms with Gasteiger partial charge in [0.1, 0.15) is 0 Å². The fourth-order valence-electron chi connectivity index (χ4n) is 2.86. The predicted octanol–water partition coefficient (Wildman–Crippen LogP) is 6.73. The Balaban J connectivity index is 4.02. The molecule has 0 aliphatic carbocycles. The first-order valence-corrected chi connectivity index (χ1v) is 11.8. The lowest BCUT2D eigenvalue weighted by molar-refractivity contribution is -0.326. The summed E-state index contributed by atoms with van der Waals surface area (Å²) >= 11 is 0. The smallest absolute Gasteiger partial charge is 0.248 e. The van der Waals surface area contributed by atoms with Crippen LogP contribution in [-0.4, -0.2) is 35.7 Å². The molecule has 0 N–H and O–H groups in total. The Kier molecular flexibility index (Phi) is 19.9. The molecule has 0 aliphatic heterocycles. The molecule has 0 heterocycles. The largest absolute Gasteiger partial charge is 0.332 e. The Morgan fingerprint density at radius 3 is 1.00 bits per heavy atom. The number of ether oxygens (including phenoxy) is 3. The first-order chi connectivity index (χ1) is 12.7. The summed E-state index contributed by atoms with van der Waals surface area (Å²) in [6.45, 7) is 8.75. The maximum atomic E-state index is 5.93. The molecule has 0 saturated heterocycles. The van der Waals surface area contributed by atoms with Gasteiger partial charge >= 0.3 is 0 Å².